The Bertz CT molecular complexity index is 1340. The molecule has 4 rings (SSSR count). The van der Waals surface area contributed by atoms with Gasteiger partial charge in [0.15, 0.2) is 0 Å². The number of carbonyl (C=O) groups excluding carboxylic acids is 1. The summed E-state index contributed by atoms with van der Waals surface area (Å²) in [6.45, 7) is 0.289. The van der Waals surface area contributed by atoms with Crippen molar-refractivity contribution in [2.24, 2.45) is 0 Å². The van der Waals surface area contributed by atoms with Gasteiger partial charge in [0.2, 0.25) is 10.0 Å². The van der Waals surface area contributed by atoms with Crippen molar-refractivity contribution in [1.29, 1.82) is 0 Å². The predicted molar refractivity (Wildman–Crippen MR) is 119 cm³/mol. The zero-order chi connectivity index (χ0) is 21.3. The molecule has 0 spiro atoms. The molecule has 0 bridgehead atoms. The summed E-state index contributed by atoms with van der Waals surface area (Å²) in [4.78, 5) is 14.2. The first kappa shape index (κ1) is 20.4. The van der Waals surface area contributed by atoms with E-state index < -0.39 is 10.0 Å². The van der Waals surface area contributed by atoms with Crippen LogP contribution in [0.2, 0.25) is 0 Å². The van der Waals surface area contributed by atoms with Crippen molar-refractivity contribution >= 4 is 54.9 Å². The van der Waals surface area contributed by atoms with Crippen LogP contribution in [0.3, 0.4) is 0 Å². The van der Waals surface area contributed by atoms with Crippen LogP contribution in [0.4, 0.5) is 5.69 Å². The van der Waals surface area contributed by atoms with E-state index in [-0.39, 0.29) is 12.5 Å². The van der Waals surface area contributed by atoms with Crippen molar-refractivity contribution in [3.8, 4) is 5.75 Å². The lowest BCUT2D eigenvalue weighted by atomic mass is 10.1. The number of amides is 1. The molecule has 0 unspecified atom stereocenters. The number of anilines is 1. The van der Waals surface area contributed by atoms with Gasteiger partial charge in [-0.05, 0) is 30.7 Å². The highest BCUT2D eigenvalue weighted by atomic mass is 32.2. The molecule has 0 aliphatic carbocycles. The van der Waals surface area contributed by atoms with Crippen molar-refractivity contribution in [3.63, 3.8) is 0 Å². The number of benzene rings is 2. The summed E-state index contributed by atoms with van der Waals surface area (Å²) in [7, 11) is -1.67. The number of methoxy groups -OCH3 is 1. The molecule has 0 saturated heterocycles. The van der Waals surface area contributed by atoms with Crippen LogP contribution in [0.15, 0.2) is 52.9 Å². The number of ether oxygens (including phenoxy) is 1. The van der Waals surface area contributed by atoms with Crippen molar-refractivity contribution in [1.82, 2.24) is 4.72 Å². The number of nitrogens with one attached hydrogen (secondary N) is 2. The number of hydrogen-bond acceptors (Lipinski definition) is 6. The maximum Gasteiger partial charge on any atom is 0.265 e. The summed E-state index contributed by atoms with van der Waals surface area (Å²) in [6.07, 6.45) is 1.63. The summed E-state index contributed by atoms with van der Waals surface area (Å²) in [5.74, 6) is 0.271. The van der Waals surface area contributed by atoms with E-state index in [0.29, 0.717) is 28.3 Å². The second-order valence-corrected chi connectivity index (χ2v) is 9.78. The molecule has 2 N–H and O–H groups in total. The van der Waals surface area contributed by atoms with Crippen LogP contribution in [0.1, 0.15) is 14.5 Å². The molecule has 0 aliphatic heterocycles. The van der Waals surface area contributed by atoms with Crippen molar-refractivity contribution in [2.45, 2.75) is 6.42 Å². The normalized spacial score (nSPS) is 11.8. The highest BCUT2D eigenvalue weighted by Gasteiger charge is 2.16. The maximum absolute atomic E-state index is 12.7. The monoisotopic (exact) mass is 444 g/mol. The van der Waals surface area contributed by atoms with E-state index in [0.717, 1.165) is 27.5 Å². The molecule has 2 heterocycles. The van der Waals surface area contributed by atoms with E-state index >= 15 is 0 Å². The smallest absolute Gasteiger partial charge is 0.265 e. The van der Waals surface area contributed by atoms with E-state index in [1.807, 2.05) is 36.4 Å². The van der Waals surface area contributed by atoms with Crippen LogP contribution in [0.25, 0.3) is 21.9 Å². The van der Waals surface area contributed by atoms with Gasteiger partial charge in [-0.2, -0.15) is 0 Å². The zero-order valence-corrected chi connectivity index (χ0v) is 18.0. The topological polar surface area (TPSA) is 97.6 Å². The number of fused-ring (bicyclic) bond motifs is 3. The number of para-hydroxylation sites is 1. The first-order valence-corrected chi connectivity index (χ1v) is 11.9. The fourth-order valence-electron chi connectivity index (χ4n) is 3.20. The minimum atomic E-state index is -3.23. The Morgan fingerprint density at radius 3 is 2.67 bits per heavy atom. The number of furan rings is 1. The van der Waals surface area contributed by atoms with Gasteiger partial charge in [0.1, 0.15) is 16.9 Å². The Labute approximate surface area is 177 Å². The summed E-state index contributed by atoms with van der Waals surface area (Å²) < 4.78 is 36.1. The van der Waals surface area contributed by atoms with Gasteiger partial charge < -0.3 is 14.5 Å². The standard InChI is InChI=1S/C21H20N2O5S2/c1-27-19-11-15-14-5-3-4-6-17(14)28-18(15)12-16(19)23-21(24)20-8-7-13(29-20)9-10-22-30(2,25)26/h3-8,11-12,22H,9-10H2,1-2H3,(H,23,24). The van der Waals surface area contributed by atoms with Crippen molar-refractivity contribution in [2.75, 3.05) is 25.2 Å². The van der Waals surface area contributed by atoms with Crippen LogP contribution in [0, 0.1) is 0 Å². The van der Waals surface area contributed by atoms with E-state index in [2.05, 4.69) is 10.0 Å². The highest BCUT2D eigenvalue weighted by molar-refractivity contribution is 7.88. The largest absolute Gasteiger partial charge is 0.495 e. The number of rotatable bonds is 7. The average molecular weight is 445 g/mol. The fourth-order valence-corrected chi connectivity index (χ4v) is 4.57. The fraction of sp³-hybridized carbons (Fsp3) is 0.190. The summed E-state index contributed by atoms with van der Waals surface area (Å²) in [5, 5.41) is 4.78. The Balaban J connectivity index is 1.55. The lowest BCUT2D eigenvalue weighted by Gasteiger charge is -2.09. The molecule has 2 aromatic heterocycles. The minimum Gasteiger partial charge on any atom is -0.495 e. The van der Waals surface area contributed by atoms with Crippen LogP contribution in [-0.4, -0.2) is 34.2 Å². The number of thiophene rings is 1. The van der Waals surface area contributed by atoms with Crippen molar-refractivity contribution < 1.29 is 22.4 Å². The second-order valence-electron chi connectivity index (χ2n) is 6.78. The van der Waals surface area contributed by atoms with E-state index in [4.69, 9.17) is 9.15 Å². The molecule has 0 aliphatic rings. The third-order valence-electron chi connectivity index (χ3n) is 4.57. The Hall–Kier alpha value is -2.88. The lowest BCUT2D eigenvalue weighted by molar-refractivity contribution is 0.103. The zero-order valence-electron chi connectivity index (χ0n) is 16.4. The summed E-state index contributed by atoms with van der Waals surface area (Å²) >= 11 is 1.32. The van der Waals surface area contributed by atoms with Gasteiger partial charge in [-0.25, -0.2) is 13.1 Å². The van der Waals surface area contributed by atoms with Crippen LogP contribution in [0.5, 0.6) is 5.75 Å². The molecule has 2 aromatic carbocycles. The molecule has 0 saturated carbocycles. The van der Waals surface area contributed by atoms with Gasteiger partial charge >= 0.3 is 0 Å². The van der Waals surface area contributed by atoms with Gasteiger partial charge in [-0.3, -0.25) is 4.79 Å². The highest BCUT2D eigenvalue weighted by Crippen LogP contribution is 2.36. The van der Waals surface area contributed by atoms with Gasteiger partial charge in [0, 0.05) is 28.3 Å². The Morgan fingerprint density at radius 1 is 1.10 bits per heavy atom. The Kier molecular flexibility index (Phi) is 5.50. The molecule has 156 valence electrons. The van der Waals surface area contributed by atoms with Crippen LogP contribution in [-0.2, 0) is 16.4 Å². The third kappa shape index (κ3) is 4.33. The predicted octanol–water partition coefficient (Wildman–Crippen LogP) is 4.00. The molecular weight excluding hydrogens is 424 g/mol. The average Bonchev–Trinajstić information content (AvgIpc) is 3.30. The van der Waals surface area contributed by atoms with E-state index in [9.17, 15) is 13.2 Å². The number of carbonyl (C=O) groups is 1. The van der Waals surface area contributed by atoms with E-state index in [1.165, 1.54) is 11.3 Å². The van der Waals surface area contributed by atoms with Crippen LogP contribution < -0.4 is 14.8 Å². The molecule has 0 fully saturated rings. The summed E-state index contributed by atoms with van der Waals surface area (Å²) in [6, 6.07) is 14.9. The minimum absolute atomic E-state index is 0.268. The molecule has 1 amide bonds. The maximum atomic E-state index is 12.7. The molecule has 0 radical (unpaired) electrons. The molecular formula is C21H20N2O5S2. The SMILES string of the molecule is COc1cc2c(cc1NC(=O)c1ccc(CCNS(C)(=O)=O)s1)oc1ccccc12. The van der Waals surface area contributed by atoms with Gasteiger partial charge in [0.25, 0.3) is 5.91 Å². The van der Waals surface area contributed by atoms with Gasteiger partial charge in [-0.15, -0.1) is 11.3 Å². The molecule has 30 heavy (non-hydrogen) atoms. The summed E-state index contributed by atoms with van der Waals surface area (Å²) in [5.41, 5.74) is 1.94. The second kappa shape index (κ2) is 8.10. The molecule has 4 aromatic rings. The van der Waals surface area contributed by atoms with Crippen molar-refractivity contribution in [3.05, 3.63) is 58.3 Å². The van der Waals surface area contributed by atoms with E-state index in [1.54, 1.807) is 19.2 Å². The molecule has 7 nitrogen and oxygen atoms in total. The lowest BCUT2D eigenvalue weighted by Crippen LogP contribution is -2.24. The van der Waals surface area contributed by atoms with Gasteiger partial charge in [0.05, 0.1) is 23.9 Å². The molecule has 0 atom stereocenters. The number of sulfonamides is 1. The van der Waals surface area contributed by atoms with Gasteiger partial charge in [-0.1, -0.05) is 18.2 Å². The first-order chi connectivity index (χ1) is 14.3. The Morgan fingerprint density at radius 2 is 1.90 bits per heavy atom. The number of hydrogen-bond donors (Lipinski definition) is 2. The first-order valence-electron chi connectivity index (χ1n) is 9.18. The molecule has 9 heteroatoms. The quantitative estimate of drug-likeness (QED) is 0.449. The van der Waals surface area contributed by atoms with Crippen LogP contribution >= 0.6 is 11.3 Å². The third-order valence-corrected chi connectivity index (χ3v) is 6.44.